The molecule has 1 aromatic carbocycles. The first-order chi connectivity index (χ1) is 9.15. The topological polar surface area (TPSA) is 84.3 Å². The Hall–Kier alpha value is -1.32. The quantitative estimate of drug-likeness (QED) is 0.308. The van der Waals surface area contributed by atoms with Crippen molar-refractivity contribution in [3.05, 3.63) is 46.3 Å². The van der Waals surface area contributed by atoms with E-state index in [9.17, 15) is 4.57 Å². The van der Waals surface area contributed by atoms with E-state index in [2.05, 4.69) is 10.0 Å². The van der Waals surface area contributed by atoms with Gasteiger partial charge in [0.2, 0.25) is 0 Å². The highest BCUT2D eigenvalue weighted by atomic mass is 31.2. The number of azide groups is 1. The average Bonchev–Trinajstić information content (AvgIpc) is 2.40. The van der Waals surface area contributed by atoms with E-state index in [0.717, 1.165) is 5.56 Å². The van der Waals surface area contributed by atoms with Gasteiger partial charge < -0.3 is 9.05 Å². The highest BCUT2D eigenvalue weighted by molar-refractivity contribution is 7.53. The number of rotatable bonds is 8. The van der Waals surface area contributed by atoms with Gasteiger partial charge in [-0.05, 0) is 24.9 Å². The van der Waals surface area contributed by atoms with Gasteiger partial charge >= 0.3 is 7.60 Å². The van der Waals surface area contributed by atoms with Crippen LogP contribution in [-0.4, -0.2) is 19.4 Å². The van der Waals surface area contributed by atoms with Gasteiger partial charge in [0.15, 0.2) is 0 Å². The van der Waals surface area contributed by atoms with E-state index in [0.29, 0.717) is 0 Å². The van der Waals surface area contributed by atoms with Crippen LogP contribution in [0.25, 0.3) is 10.4 Å². The molecule has 0 bridgehead atoms. The molecule has 0 saturated heterocycles. The average molecular weight is 283 g/mol. The van der Waals surface area contributed by atoms with Crippen molar-refractivity contribution >= 4 is 7.60 Å². The third-order valence-corrected chi connectivity index (χ3v) is 4.52. The van der Waals surface area contributed by atoms with Gasteiger partial charge in [0.05, 0.1) is 25.4 Å². The lowest BCUT2D eigenvalue weighted by molar-refractivity contribution is 0.218. The van der Waals surface area contributed by atoms with E-state index >= 15 is 0 Å². The molecule has 0 N–H and O–H groups in total. The van der Waals surface area contributed by atoms with E-state index in [1.165, 1.54) is 0 Å². The normalized spacial score (nSPS) is 12.7. The fourth-order valence-corrected chi connectivity index (χ4v) is 3.47. The summed E-state index contributed by atoms with van der Waals surface area (Å²) < 4.78 is 22.9. The molecule has 0 amide bonds. The van der Waals surface area contributed by atoms with Crippen molar-refractivity contribution in [3.63, 3.8) is 0 Å². The van der Waals surface area contributed by atoms with Gasteiger partial charge in [-0.3, -0.25) is 4.57 Å². The van der Waals surface area contributed by atoms with Gasteiger partial charge in [-0.2, -0.15) is 0 Å². The third-order valence-electron chi connectivity index (χ3n) is 2.42. The summed E-state index contributed by atoms with van der Waals surface area (Å²) in [5, 5.41) is 3.69. The van der Waals surface area contributed by atoms with Crippen molar-refractivity contribution in [2.45, 2.75) is 19.9 Å². The molecule has 0 radical (unpaired) electrons. The van der Waals surface area contributed by atoms with Crippen molar-refractivity contribution in [2.24, 2.45) is 5.11 Å². The molecule has 0 aliphatic rings. The third kappa shape index (κ3) is 5.05. The molecule has 0 aromatic heterocycles. The maximum absolute atomic E-state index is 12.4. The van der Waals surface area contributed by atoms with Gasteiger partial charge in [-0.1, -0.05) is 35.4 Å². The summed E-state index contributed by atoms with van der Waals surface area (Å²) in [6, 6.07) is 8.61. The van der Waals surface area contributed by atoms with Gasteiger partial charge in [-0.25, -0.2) is 0 Å². The molecule has 1 atom stereocenters. The summed E-state index contributed by atoms with van der Waals surface area (Å²) in [5.74, 6) is 0. The molecule has 104 valence electrons. The van der Waals surface area contributed by atoms with Crippen LogP contribution in [-0.2, 0) is 13.6 Å². The molecule has 1 rings (SSSR count). The van der Waals surface area contributed by atoms with Crippen LogP contribution in [0.15, 0.2) is 35.4 Å². The molecule has 1 unspecified atom stereocenters. The smallest absolute Gasteiger partial charge is 0.309 e. The van der Waals surface area contributed by atoms with Crippen LogP contribution in [0.3, 0.4) is 0 Å². The van der Waals surface area contributed by atoms with Crippen LogP contribution in [0.1, 0.15) is 25.5 Å². The van der Waals surface area contributed by atoms with Gasteiger partial charge in [-0.15, -0.1) is 0 Å². The van der Waals surface area contributed by atoms with Crippen molar-refractivity contribution in [2.75, 3.05) is 19.4 Å². The summed E-state index contributed by atoms with van der Waals surface area (Å²) in [6.45, 7) is 4.07. The number of benzene rings is 1. The Labute approximate surface area is 112 Å². The predicted octanol–water partition coefficient (Wildman–Crippen LogP) is 4.30. The zero-order chi connectivity index (χ0) is 14.1. The maximum Gasteiger partial charge on any atom is 0.331 e. The van der Waals surface area contributed by atoms with Crippen molar-refractivity contribution in [1.82, 2.24) is 0 Å². The van der Waals surface area contributed by atoms with E-state index in [1.54, 1.807) is 13.8 Å². The Balaban J connectivity index is 2.94. The van der Waals surface area contributed by atoms with Gasteiger partial charge in [0.25, 0.3) is 0 Å². The van der Waals surface area contributed by atoms with Crippen LogP contribution in [0.5, 0.6) is 0 Å². The van der Waals surface area contributed by atoms with Crippen LogP contribution < -0.4 is 0 Å². The van der Waals surface area contributed by atoms with Gasteiger partial charge in [0.1, 0.15) is 0 Å². The summed E-state index contributed by atoms with van der Waals surface area (Å²) in [4.78, 5) is 2.81. The maximum atomic E-state index is 12.4. The molecule has 7 heteroatoms. The van der Waals surface area contributed by atoms with E-state index < -0.39 is 13.6 Å². The molecular weight excluding hydrogens is 265 g/mol. The molecule has 6 nitrogen and oxygen atoms in total. The van der Waals surface area contributed by atoms with Crippen LogP contribution in [0, 0.1) is 0 Å². The van der Waals surface area contributed by atoms with Crippen molar-refractivity contribution in [3.8, 4) is 0 Å². The number of nitrogens with zero attached hydrogens (tertiary/aromatic N) is 3. The van der Waals surface area contributed by atoms with Crippen LogP contribution in [0.2, 0.25) is 0 Å². The summed E-state index contributed by atoms with van der Waals surface area (Å²) in [7, 11) is -3.24. The van der Waals surface area contributed by atoms with Gasteiger partial charge in [0, 0.05) is 4.91 Å². The van der Waals surface area contributed by atoms with Crippen molar-refractivity contribution in [1.29, 1.82) is 0 Å². The lowest BCUT2D eigenvalue weighted by atomic mass is 10.1. The van der Waals surface area contributed by atoms with Crippen molar-refractivity contribution < 1.29 is 13.6 Å². The molecular formula is C12H18N3O3P. The molecule has 1 aromatic rings. The first-order valence-electron chi connectivity index (χ1n) is 6.12. The van der Waals surface area contributed by atoms with Crippen LogP contribution in [0.4, 0.5) is 0 Å². The minimum absolute atomic E-state index is 0.0444. The second kappa shape index (κ2) is 7.97. The lowest BCUT2D eigenvalue weighted by Crippen LogP contribution is -2.07. The Bertz CT molecular complexity index is 464. The fraction of sp³-hybridized carbons (Fsp3) is 0.500. The monoisotopic (exact) mass is 283 g/mol. The van der Waals surface area contributed by atoms with Crippen LogP contribution >= 0.6 is 7.60 Å². The zero-order valence-electron chi connectivity index (χ0n) is 11.1. The Morgan fingerprint density at radius 3 is 2.32 bits per heavy atom. The second-order valence-electron chi connectivity index (χ2n) is 3.76. The SMILES string of the molecule is CCOP(=O)(CC(N=[N+]=[N-])c1ccccc1)OCC. The number of hydrogen-bond acceptors (Lipinski definition) is 4. The highest BCUT2D eigenvalue weighted by Gasteiger charge is 2.28. The minimum Gasteiger partial charge on any atom is -0.309 e. The summed E-state index contributed by atoms with van der Waals surface area (Å²) in [5.41, 5.74) is 9.43. The first-order valence-corrected chi connectivity index (χ1v) is 7.85. The molecule has 0 fully saturated rings. The molecule has 0 aliphatic heterocycles. The van der Waals surface area contributed by atoms with E-state index in [-0.39, 0.29) is 19.4 Å². The number of hydrogen-bond donors (Lipinski definition) is 0. The van der Waals surface area contributed by atoms with E-state index in [4.69, 9.17) is 14.6 Å². The Kier molecular flexibility index (Phi) is 6.60. The molecule has 19 heavy (non-hydrogen) atoms. The molecule has 0 aliphatic carbocycles. The fourth-order valence-electron chi connectivity index (χ4n) is 1.69. The Morgan fingerprint density at radius 1 is 1.26 bits per heavy atom. The van der Waals surface area contributed by atoms with E-state index in [1.807, 2.05) is 30.3 Å². The summed E-state index contributed by atoms with van der Waals surface area (Å²) in [6.07, 6.45) is 0.0444. The molecule has 0 saturated carbocycles. The molecule has 0 heterocycles. The summed E-state index contributed by atoms with van der Waals surface area (Å²) >= 11 is 0. The lowest BCUT2D eigenvalue weighted by Gasteiger charge is -2.20. The Morgan fingerprint density at radius 2 is 1.84 bits per heavy atom. The second-order valence-corrected chi connectivity index (χ2v) is 5.86. The zero-order valence-corrected chi connectivity index (χ0v) is 12.0. The predicted molar refractivity (Wildman–Crippen MR) is 74.1 cm³/mol. The first kappa shape index (κ1) is 15.7. The highest BCUT2D eigenvalue weighted by Crippen LogP contribution is 2.51. The molecule has 0 spiro atoms. The standard InChI is InChI=1S/C12H18N3O3P/c1-3-17-19(16,18-4-2)10-12(14-15-13)11-8-6-5-7-9-11/h5-9,12H,3-4,10H2,1-2H3. The largest absolute Gasteiger partial charge is 0.331 e. The minimum atomic E-state index is -3.24.